The molecule has 3 aromatic rings. The normalized spacial score (nSPS) is 19.6. The second-order valence-corrected chi connectivity index (χ2v) is 7.18. The van der Waals surface area contributed by atoms with E-state index in [1.807, 2.05) is 30.5 Å². The van der Waals surface area contributed by atoms with E-state index in [1.54, 1.807) is 38.4 Å². The first-order valence-electron chi connectivity index (χ1n) is 8.26. The summed E-state index contributed by atoms with van der Waals surface area (Å²) in [6.45, 7) is 0. The zero-order chi connectivity index (χ0) is 18.1. The molecule has 1 aromatic carbocycles. The number of rotatable bonds is 5. The van der Waals surface area contributed by atoms with Gasteiger partial charge in [-0.25, -0.2) is 0 Å². The maximum atomic E-state index is 13.1. The van der Waals surface area contributed by atoms with Crippen molar-refractivity contribution in [3.63, 3.8) is 0 Å². The Morgan fingerprint density at radius 2 is 2.08 bits per heavy atom. The molecule has 0 radical (unpaired) electrons. The molecule has 0 saturated carbocycles. The Labute approximate surface area is 155 Å². The molecule has 1 unspecified atom stereocenters. The number of aromatic nitrogens is 2. The van der Waals surface area contributed by atoms with Gasteiger partial charge in [-0.2, -0.15) is 0 Å². The smallest absolute Gasteiger partial charge is 0.182 e. The quantitative estimate of drug-likeness (QED) is 0.673. The number of H-pyrrole nitrogens is 1. The van der Waals surface area contributed by atoms with Gasteiger partial charge in [0, 0.05) is 41.4 Å². The summed E-state index contributed by atoms with van der Waals surface area (Å²) in [5.41, 5.74) is 2.59. The van der Waals surface area contributed by atoms with Crippen LogP contribution in [0.2, 0.25) is 0 Å². The average Bonchev–Trinajstić information content (AvgIpc) is 3.34. The fraction of sp³-hybridized carbons (Fsp3) is 0.263. The van der Waals surface area contributed by atoms with Crippen LogP contribution in [0, 0.1) is 0 Å². The van der Waals surface area contributed by atoms with Crippen LogP contribution in [0.15, 0.2) is 42.9 Å². The molecule has 1 aliphatic heterocycles. The maximum Gasteiger partial charge on any atom is 0.182 e. The van der Waals surface area contributed by atoms with Gasteiger partial charge in [-0.15, -0.1) is 11.8 Å². The first-order chi connectivity index (χ1) is 12.7. The molecular weight excluding hydrogens is 350 g/mol. The van der Waals surface area contributed by atoms with E-state index in [9.17, 15) is 4.79 Å². The number of methoxy groups -OCH3 is 2. The number of pyridine rings is 1. The Balaban J connectivity index is 1.61. The SMILES string of the molecule is COc1cc2[nH]cc(C(=O)[C@@H]3CSC(c4cccnc4)N3)c2cc1OC. The van der Waals surface area contributed by atoms with Crippen molar-refractivity contribution < 1.29 is 14.3 Å². The number of aromatic amines is 1. The van der Waals surface area contributed by atoms with Gasteiger partial charge in [0.15, 0.2) is 17.3 Å². The lowest BCUT2D eigenvalue weighted by molar-refractivity contribution is 0.0957. The largest absolute Gasteiger partial charge is 0.493 e. The summed E-state index contributed by atoms with van der Waals surface area (Å²) in [5, 5.41) is 4.33. The summed E-state index contributed by atoms with van der Waals surface area (Å²) in [6, 6.07) is 7.38. The lowest BCUT2D eigenvalue weighted by Crippen LogP contribution is -2.34. The summed E-state index contributed by atoms with van der Waals surface area (Å²) < 4.78 is 10.7. The molecule has 4 rings (SSSR count). The molecule has 26 heavy (non-hydrogen) atoms. The molecule has 1 saturated heterocycles. The zero-order valence-corrected chi connectivity index (χ0v) is 15.3. The summed E-state index contributed by atoms with van der Waals surface area (Å²) in [7, 11) is 3.18. The Bertz CT molecular complexity index is 942. The average molecular weight is 369 g/mol. The van der Waals surface area contributed by atoms with Crippen LogP contribution >= 0.6 is 11.8 Å². The number of ether oxygens (including phenoxy) is 2. The first-order valence-corrected chi connectivity index (χ1v) is 9.31. The van der Waals surface area contributed by atoms with Crippen LogP contribution in [0.3, 0.4) is 0 Å². The predicted octanol–water partition coefficient (Wildman–Crippen LogP) is 3.17. The molecule has 7 heteroatoms. The van der Waals surface area contributed by atoms with Gasteiger partial charge in [0.25, 0.3) is 0 Å². The summed E-state index contributed by atoms with van der Waals surface area (Å²) in [5.74, 6) is 2.03. The third-order valence-electron chi connectivity index (χ3n) is 4.54. The number of nitrogens with zero attached hydrogens (tertiary/aromatic N) is 1. The second-order valence-electron chi connectivity index (χ2n) is 6.04. The highest BCUT2D eigenvalue weighted by Crippen LogP contribution is 2.36. The van der Waals surface area contributed by atoms with Gasteiger partial charge in [-0.3, -0.25) is 15.1 Å². The highest BCUT2D eigenvalue weighted by Gasteiger charge is 2.32. The summed E-state index contributed by atoms with van der Waals surface area (Å²) in [4.78, 5) is 20.4. The van der Waals surface area contributed by atoms with Crippen LogP contribution in [-0.4, -0.2) is 41.8 Å². The van der Waals surface area contributed by atoms with Gasteiger partial charge in [-0.05, 0) is 17.7 Å². The molecule has 3 heterocycles. The molecule has 2 atom stereocenters. The van der Waals surface area contributed by atoms with E-state index in [0.717, 1.165) is 22.2 Å². The summed E-state index contributed by atoms with van der Waals surface area (Å²) in [6.07, 6.45) is 5.34. The van der Waals surface area contributed by atoms with E-state index in [-0.39, 0.29) is 17.2 Å². The molecule has 6 nitrogen and oxygen atoms in total. The lowest BCUT2D eigenvalue weighted by atomic mass is 10.0. The number of thioether (sulfide) groups is 1. The topological polar surface area (TPSA) is 76.2 Å². The fourth-order valence-electron chi connectivity index (χ4n) is 3.19. The third-order valence-corrected chi connectivity index (χ3v) is 5.80. The van der Waals surface area contributed by atoms with Crippen LogP contribution in [-0.2, 0) is 0 Å². The number of carbonyl (C=O) groups excluding carboxylic acids is 1. The van der Waals surface area contributed by atoms with Crippen molar-refractivity contribution in [2.24, 2.45) is 0 Å². The molecule has 0 spiro atoms. The Hall–Kier alpha value is -2.51. The number of carbonyl (C=O) groups is 1. The molecule has 134 valence electrons. The van der Waals surface area contributed by atoms with Crippen LogP contribution < -0.4 is 14.8 Å². The molecule has 2 N–H and O–H groups in total. The molecule has 1 aliphatic rings. The second kappa shape index (κ2) is 7.01. The van der Waals surface area contributed by atoms with E-state index >= 15 is 0 Å². The summed E-state index contributed by atoms with van der Waals surface area (Å²) >= 11 is 1.72. The van der Waals surface area contributed by atoms with Gasteiger partial charge in [0.2, 0.25) is 0 Å². The predicted molar refractivity (Wildman–Crippen MR) is 102 cm³/mol. The van der Waals surface area contributed by atoms with Gasteiger partial charge < -0.3 is 14.5 Å². The standard InChI is InChI=1S/C19H19N3O3S/c1-24-16-6-12-13(9-21-14(12)7-17(16)25-2)18(23)15-10-26-19(22-15)11-4-3-5-20-8-11/h3-9,15,19,21-22H,10H2,1-2H3/t15-,19?/m0/s1. The van der Waals surface area contributed by atoms with Gasteiger partial charge in [-0.1, -0.05) is 6.07 Å². The van der Waals surface area contributed by atoms with E-state index in [1.165, 1.54) is 0 Å². The third kappa shape index (κ3) is 2.93. The van der Waals surface area contributed by atoms with Gasteiger partial charge in [0.05, 0.1) is 31.2 Å². The number of fused-ring (bicyclic) bond motifs is 1. The highest BCUT2D eigenvalue weighted by molar-refractivity contribution is 7.99. The fourth-order valence-corrected chi connectivity index (χ4v) is 4.41. The van der Waals surface area contributed by atoms with Gasteiger partial charge >= 0.3 is 0 Å². The molecule has 1 fully saturated rings. The van der Waals surface area contributed by atoms with Crippen molar-refractivity contribution in [3.8, 4) is 11.5 Å². The van der Waals surface area contributed by atoms with Crippen molar-refractivity contribution in [2.45, 2.75) is 11.4 Å². The number of benzene rings is 1. The van der Waals surface area contributed by atoms with Crippen molar-refractivity contribution in [1.29, 1.82) is 0 Å². The zero-order valence-electron chi connectivity index (χ0n) is 14.5. The van der Waals surface area contributed by atoms with Crippen molar-refractivity contribution >= 4 is 28.4 Å². The van der Waals surface area contributed by atoms with Crippen LogP contribution in [0.5, 0.6) is 11.5 Å². The molecule has 0 bridgehead atoms. The minimum Gasteiger partial charge on any atom is -0.493 e. The number of hydrogen-bond acceptors (Lipinski definition) is 6. The lowest BCUT2D eigenvalue weighted by Gasteiger charge is -2.12. The highest BCUT2D eigenvalue weighted by atomic mass is 32.2. The molecular formula is C19H19N3O3S. The number of Topliss-reactive ketones (excluding diaryl/α,β-unsaturated/α-hetero) is 1. The Kier molecular flexibility index (Phi) is 4.57. The molecule has 0 aliphatic carbocycles. The van der Waals surface area contributed by atoms with Crippen LogP contribution in [0.4, 0.5) is 0 Å². The number of hydrogen-bond donors (Lipinski definition) is 2. The maximum absolute atomic E-state index is 13.1. The van der Waals surface area contributed by atoms with Crippen molar-refractivity contribution in [3.05, 3.63) is 54.0 Å². The van der Waals surface area contributed by atoms with Crippen LogP contribution in [0.1, 0.15) is 21.3 Å². The number of nitrogens with one attached hydrogen (secondary N) is 2. The molecule has 2 aromatic heterocycles. The first kappa shape index (κ1) is 16.9. The van der Waals surface area contributed by atoms with E-state index in [2.05, 4.69) is 15.3 Å². The van der Waals surface area contributed by atoms with E-state index in [0.29, 0.717) is 17.1 Å². The van der Waals surface area contributed by atoms with E-state index < -0.39 is 0 Å². The van der Waals surface area contributed by atoms with Crippen LogP contribution in [0.25, 0.3) is 10.9 Å². The minimum atomic E-state index is -0.239. The Morgan fingerprint density at radius 1 is 1.27 bits per heavy atom. The van der Waals surface area contributed by atoms with Gasteiger partial charge in [0.1, 0.15) is 0 Å². The van der Waals surface area contributed by atoms with Crippen molar-refractivity contribution in [1.82, 2.24) is 15.3 Å². The van der Waals surface area contributed by atoms with Crippen molar-refractivity contribution in [2.75, 3.05) is 20.0 Å². The minimum absolute atomic E-state index is 0.0716. The van der Waals surface area contributed by atoms with E-state index in [4.69, 9.17) is 9.47 Å². The monoisotopic (exact) mass is 369 g/mol. The Morgan fingerprint density at radius 3 is 2.81 bits per heavy atom. The number of ketones is 1. The molecule has 0 amide bonds.